The number of amides is 1. The summed E-state index contributed by atoms with van der Waals surface area (Å²) in [7, 11) is 0. The van der Waals surface area contributed by atoms with E-state index in [-0.39, 0.29) is 17.7 Å². The van der Waals surface area contributed by atoms with Crippen molar-refractivity contribution in [2.75, 3.05) is 19.6 Å². The van der Waals surface area contributed by atoms with Crippen LogP contribution in [-0.2, 0) is 0 Å². The van der Waals surface area contributed by atoms with Gasteiger partial charge in [-0.3, -0.25) is 4.79 Å². The third kappa shape index (κ3) is 3.09. The molecule has 1 aromatic heterocycles. The Hall–Kier alpha value is -1.85. The van der Waals surface area contributed by atoms with Gasteiger partial charge in [-0.2, -0.15) is 0 Å². The van der Waals surface area contributed by atoms with E-state index in [2.05, 4.69) is 17.4 Å². The number of benzene rings is 1. The smallest absolute Gasteiger partial charge is 0.292 e. The first-order valence-electron chi connectivity index (χ1n) is 6.89. The Labute approximate surface area is 127 Å². The van der Waals surface area contributed by atoms with Gasteiger partial charge in [0.2, 0.25) is 5.76 Å². The Kier molecular flexibility index (Phi) is 3.94. The van der Waals surface area contributed by atoms with E-state index >= 15 is 0 Å². The quantitative estimate of drug-likeness (QED) is 0.926. The summed E-state index contributed by atoms with van der Waals surface area (Å²) in [4.78, 5) is 14.2. The van der Waals surface area contributed by atoms with Crippen molar-refractivity contribution in [1.29, 1.82) is 0 Å². The number of halogens is 1. The first-order chi connectivity index (χ1) is 10.1. The van der Waals surface area contributed by atoms with Crippen LogP contribution in [0.3, 0.4) is 0 Å². The van der Waals surface area contributed by atoms with Gasteiger partial charge in [-0.1, -0.05) is 28.9 Å². The van der Waals surface area contributed by atoms with Crippen LogP contribution in [0, 0.1) is 0 Å². The Morgan fingerprint density at radius 2 is 2.33 bits per heavy atom. The number of aromatic nitrogens is 1. The van der Waals surface area contributed by atoms with Gasteiger partial charge in [-0.15, -0.1) is 0 Å². The molecule has 1 aliphatic heterocycles. The first-order valence-corrected chi connectivity index (χ1v) is 7.26. The van der Waals surface area contributed by atoms with Crippen molar-refractivity contribution in [2.24, 2.45) is 0 Å². The minimum atomic E-state index is -0.121. The van der Waals surface area contributed by atoms with Crippen molar-refractivity contribution >= 4 is 17.5 Å². The van der Waals surface area contributed by atoms with E-state index < -0.39 is 0 Å². The van der Waals surface area contributed by atoms with Crippen LogP contribution in [0.15, 0.2) is 34.9 Å². The number of hydrogen-bond donors (Lipinski definition) is 1. The molecular formula is C15H16ClN3O2. The van der Waals surface area contributed by atoms with Gasteiger partial charge in [0.05, 0.1) is 0 Å². The lowest BCUT2D eigenvalue weighted by Crippen LogP contribution is -2.51. The van der Waals surface area contributed by atoms with E-state index in [4.69, 9.17) is 16.1 Å². The third-order valence-electron chi connectivity index (χ3n) is 3.50. The van der Waals surface area contributed by atoms with E-state index in [0.717, 1.165) is 12.1 Å². The molecule has 0 spiro atoms. The number of piperazine rings is 1. The molecular weight excluding hydrogens is 290 g/mol. The second-order valence-corrected chi connectivity index (χ2v) is 5.63. The number of carbonyl (C=O) groups excluding carboxylic acids is 1. The normalized spacial score (nSPS) is 18.8. The number of carbonyl (C=O) groups is 1. The maximum atomic E-state index is 12.4. The van der Waals surface area contributed by atoms with Crippen molar-refractivity contribution in [3.63, 3.8) is 0 Å². The SMILES string of the molecule is CC1CN(C(=O)c2cc(-c3cccc(Cl)c3)no2)CCN1. The van der Waals surface area contributed by atoms with Crippen LogP contribution in [0.1, 0.15) is 17.5 Å². The van der Waals surface area contributed by atoms with E-state index in [0.29, 0.717) is 23.8 Å². The Balaban J connectivity index is 1.80. The minimum absolute atomic E-state index is 0.121. The predicted molar refractivity (Wildman–Crippen MR) is 80.3 cm³/mol. The molecule has 3 rings (SSSR count). The van der Waals surface area contributed by atoms with E-state index in [1.54, 1.807) is 23.1 Å². The molecule has 2 aromatic rings. The van der Waals surface area contributed by atoms with E-state index in [1.165, 1.54) is 0 Å². The maximum absolute atomic E-state index is 12.4. The molecule has 1 N–H and O–H groups in total. The lowest BCUT2D eigenvalue weighted by molar-refractivity contribution is 0.0667. The zero-order chi connectivity index (χ0) is 14.8. The Morgan fingerprint density at radius 1 is 1.48 bits per heavy atom. The summed E-state index contributed by atoms with van der Waals surface area (Å²) in [6.45, 7) is 4.20. The molecule has 1 amide bonds. The number of hydrogen-bond acceptors (Lipinski definition) is 4. The second-order valence-electron chi connectivity index (χ2n) is 5.19. The monoisotopic (exact) mass is 305 g/mol. The van der Waals surface area contributed by atoms with Crippen LogP contribution < -0.4 is 5.32 Å². The zero-order valence-electron chi connectivity index (χ0n) is 11.7. The van der Waals surface area contributed by atoms with Gasteiger partial charge in [0.15, 0.2) is 0 Å². The molecule has 5 nitrogen and oxygen atoms in total. The fourth-order valence-electron chi connectivity index (χ4n) is 2.43. The summed E-state index contributed by atoms with van der Waals surface area (Å²) in [5.41, 5.74) is 1.45. The van der Waals surface area contributed by atoms with Crippen molar-refractivity contribution in [1.82, 2.24) is 15.4 Å². The largest absolute Gasteiger partial charge is 0.350 e. The standard InChI is InChI=1S/C15H16ClN3O2/c1-10-9-19(6-5-17-10)15(20)14-8-13(18-21-14)11-3-2-4-12(16)7-11/h2-4,7-8,10,17H,5-6,9H2,1H3. The van der Waals surface area contributed by atoms with Crippen LogP contribution in [0.4, 0.5) is 0 Å². The second kappa shape index (κ2) is 5.87. The first kappa shape index (κ1) is 14.1. The highest BCUT2D eigenvalue weighted by Gasteiger charge is 2.24. The summed E-state index contributed by atoms with van der Waals surface area (Å²) in [6.07, 6.45) is 0. The maximum Gasteiger partial charge on any atom is 0.292 e. The van der Waals surface area contributed by atoms with Crippen molar-refractivity contribution in [2.45, 2.75) is 13.0 Å². The van der Waals surface area contributed by atoms with Crippen LogP contribution in [0.25, 0.3) is 11.3 Å². The highest BCUT2D eigenvalue weighted by Crippen LogP contribution is 2.23. The molecule has 1 fully saturated rings. The molecule has 0 radical (unpaired) electrons. The Morgan fingerprint density at radius 3 is 3.10 bits per heavy atom. The number of nitrogens with zero attached hydrogens (tertiary/aromatic N) is 2. The molecule has 6 heteroatoms. The molecule has 1 aliphatic rings. The summed E-state index contributed by atoms with van der Waals surface area (Å²) < 4.78 is 5.20. The molecule has 0 bridgehead atoms. The summed E-state index contributed by atoms with van der Waals surface area (Å²) in [6, 6.07) is 9.26. The zero-order valence-corrected chi connectivity index (χ0v) is 12.4. The number of rotatable bonds is 2. The molecule has 2 heterocycles. The van der Waals surface area contributed by atoms with E-state index in [1.807, 2.05) is 12.1 Å². The van der Waals surface area contributed by atoms with Crippen LogP contribution in [0.5, 0.6) is 0 Å². The van der Waals surface area contributed by atoms with Gasteiger partial charge in [-0.25, -0.2) is 0 Å². The minimum Gasteiger partial charge on any atom is -0.350 e. The fourth-order valence-corrected chi connectivity index (χ4v) is 2.62. The lowest BCUT2D eigenvalue weighted by atomic mass is 10.1. The lowest BCUT2D eigenvalue weighted by Gasteiger charge is -2.31. The average Bonchev–Trinajstić information content (AvgIpc) is 2.96. The van der Waals surface area contributed by atoms with Gasteiger partial charge in [-0.05, 0) is 19.1 Å². The highest BCUT2D eigenvalue weighted by molar-refractivity contribution is 6.30. The van der Waals surface area contributed by atoms with Crippen LogP contribution >= 0.6 is 11.6 Å². The topological polar surface area (TPSA) is 58.4 Å². The third-order valence-corrected chi connectivity index (χ3v) is 3.73. The fraction of sp³-hybridized carbons (Fsp3) is 0.333. The average molecular weight is 306 g/mol. The van der Waals surface area contributed by atoms with Gasteiger partial charge >= 0.3 is 0 Å². The molecule has 0 saturated carbocycles. The molecule has 1 saturated heterocycles. The van der Waals surface area contributed by atoms with Gasteiger partial charge in [0.1, 0.15) is 5.69 Å². The molecule has 110 valence electrons. The van der Waals surface area contributed by atoms with Crippen molar-refractivity contribution < 1.29 is 9.32 Å². The van der Waals surface area contributed by atoms with Crippen molar-refractivity contribution in [3.05, 3.63) is 41.1 Å². The summed E-state index contributed by atoms with van der Waals surface area (Å²) in [5, 5.41) is 7.89. The summed E-state index contributed by atoms with van der Waals surface area (Å²) in [5.74, 6) is 0.142. The number of nitrogens with one attached hydrogen (secondary N) is 1. The van der Waals surface area contributed by atoms with Crippen LogP contribution in [-0.4, -0.2) is 41.6 Å². The van der Waals surface area contributed by atoms with Gasteiger partial charge < -0.3 is 14.7 Å². The molecule has 0 aliphatic carbocycles. The molecule has 21 heavy (non-hydrogen) atoms. The molecule has 1 atom stereocenters. The van der Waals surface area contributed by atoms with Crippen molar-refractivity contribution in [3.8, 4) is 11.3 Å². The predicted octanol–water partition coefficient (Wildman–Crippen LogP) is 2.43. The molecule has 1 aromatic carbocycles. The van der Waals surface area contributed by atoms with Gasteiger partial charge in [0, 0.05) is 42.3 Å². The van der Waals surface area contributed by atoms with Crippen LogP contribution in [0.2, 0.25) is 5.02 Å². The van der Waals surface area contributed by atoms with Gasteiger partial charge in [0.25, 0.3) is 5.91 Å². The summed E-state index contributed by atoms with van der Waals surface area (Å²) >= 11 is 5.96. The van der Waals surface area contributed by atoms with E-state index in [9.17, 15) is 4.79 Å². The Bertz CT molecular complexity index is 656. The highest BCUT2D eigenvalue weighted by atomic mass is 35.5. The molecule has 1 unspecified atom stereocenters.